The van der Waals surface area contributed by atoms with Gasteiger partial charge in [0, 0.05) is 10.6 Å². The van der Waals surface area contributed by atoms with Gasteiger partial charge in [0.1, 0.15) is 0 Å². The Morgan fingerprint density at radius 2 is 2.00 bits per heavy atom. The van der Waals surface area contributed by atoms with E-state index in [0.717, 1.165) is 5.56 Å². The molecule has 1 aromatic rings. The maximum atomic E-state index is 11.2. The molecule has 1 rings (SSSR count). The van der Waals surface area contributed by atoms with Gasteiger partial charge in [-0.15, -0.1) is 0 Å². The molecular weight excluding hydrogens is 176 g/mol. The molecule has 0 spiro atoms. The van der Waals surface area contributed by atoms with E-state index < -0.39 is 0 Å². The molecule has 0 unspecified atom stereocenters. The molecule has 0 N–H and O–H groups in total. The van der Waals surface area contributed by atoms with Crippen LogP contribution in [0.5, 0.6) is 0 Å². The Kier molecular flexibility index (Phi) is 3.52. The molecule has 0 aliphatic carbocycles. The van der Waals surface area contributed by atoms with Crippen LogP contribution in [0, 0.1) is 0 Å². The van der Waals surface area contributed by atoms with E-state index in [-0.39, 0.29) is 5.12 Å². The number of carbonyl (C=O) groups is 1. The van der Waals surface area contributed by atoms with E-state index in [4.69, 9.17) is 0 Å². The SMILES string of the molecule is O=C(SCS)c1ccccc1. The Hall–Kier alpha value is -0.410. The van der Waals surface area contributed by atoms with E-state index in [1.807, 2.05) is 18.2 Å². The molecule has 0 heterocycles. The molecule has 0 saturated carbocycles. The van der Waals surface area contributed by atoms with Gasteiger partial charge in [-0.1, -0.05) is 42.1 Å². The molecule has 3 heteroatoms. The molecule has 11 heavy (non-hydrogen) atoms. The normalized spacial score (nSPS) is 9.55. The molecule has 0 aliphatic rings. The highest BCUT2D eigenvalue weighted by molar-refractivity contribution is 8.20. The van der Waals surface area contributed by atoms with E-state index in [0.29, 0.717) is 5.08 Å². The lowest BCUT2D eigenvalue weighted by atomic mass is 10.2. The number of thioether (sulfide) groups is 1. The first-order valence-electron chi connectivity index (χ1n) is 3.17. The summed E-state index contributed by atoms with van der Waals surface area (Å²) < 4.78 is 0. The maximum absolute atomic E-state index is 11.2. The quantitative estimate of drug-likeness (QED) is 0.561. The zero-order valence-corrected chi connectivity index (χ0v) is 7.57. The molecule has 0 fully saturated rings. The van der Waals surface area contributed by atoms with Crippen molar-refractivity contribution in [2.45, 2.75) is 0 Å². The van der Waals surface area contributed by atoms with Crippen molar-refractivity contribution in [3.05, 3.63) is 35.9 Å². The summed E-state index contributed by atoms with van der Waals surface area (Å²) in [5.41, 5.74) is 0.742. The van der Waals surface area contributed by atoms with Crippen LogP contribution in [0.15, 0.2) is 30.3 Å². The van der Waals surface area contributed by atoms with Crippen molar-refractivity contribution in [2.75, 3.05) is 5.08 Å². The molecule has 0 atom stereocenters. The van der Waals surface area contributed by atoms with Crippen LogP contribution in [-0.2, 0) is 0 Å². The lowest BCUT2D eigenvalue weighted by Crippen LogP contribution is -1.91. The third-order valence-electron chi connectivity index (χ3n) is 1.21. The fourth-order valence-electron chi connectivity index (χ4n) is 0.716. The van der Waals surface area contributed by atoms with Crippen molar-refractivity contribution in [1.29, 1.82) is 0 Å². The minimum Gasteiger partial charge on any atom is -0.282 e. The molecule has 58 valence electrons. The Balaban J connectivity index is 2.69. The minimum absolute atomic E-state index is 0.0839. The highest BCUT2D eigenvalue weighted by Crippen LogP contribution is 2.12. The van der Waals surface area contributed by atoms with Gasteiger partial charge >= 0.3 is 0 Å². The van der Waals surface area contributed by atoms with Gasteiger partial charge in [-0.25, -0.2) is 0 Å². The van der Waals surface area contributed by atoms with Crippen molar-refractivity contribution in [1.82, 2.24) is 0 Å². The molecule has 0 aromatic heterocycles. The second-order valence-corrected chi connectivity index (χ2v) is 3.62. The van der Waals surface area contributed by atoms with Gasteiger partial charge in [0.15, 0.2) is 0 Å². The van der Waals surface area contributed by atoms with Crippen LogP contribution in [0.25, 0.3) is 0 Å². The highest BCUT2D eigenvalue weighted by Gasteiger charge is 2.02. The number of hydrogen-bond acceptors (Lipinski definition) is 3. The van der Waals surface area contributed by atoms with Crippen LogP contribution in [-0.4, -0.2) is 10.2 Å². The van der Waals surface area contributed by atoms with Crippen molar-refractivity contribution in [2.24, 2.45) is 0 Å². The third kappa shape index (κ3) is 2.60. The zero-order chi connectivity index (χ0) is 8.10. The summed E-state index contributed by atoms with van der Waals surface area (Å²) >= 11 is 5.16. The van der Waals surface area contributed by atoms with Crippen molar-refractivity contribution in [3.63, 3.8) is 0 Å². The third-order valence-corrected chi connectivity index (χ3v) is 2.22. The zero-order valence-electron chi connectivity index (χ0n) is 5.86. The van der Waals surface area contributed by atoms with Crippen LogP contribution in [0.4, 0.5) is 0 Å². The van der Waals surface area contributed by atoms with Gasteiger partial charge in [0.2, 0.25) is 5.12 Å². The Morgan fingerprint density at radius 3 is 2.55 bits per heavy atom. The van der Waals surface area contributed by atoms with Crippen molar-refractivity contribution in [3.8, 4) is 0 Å². The Morgan fingerprint density at radius 1 is 1.36 bits per heavy atom. The fourth-order valence-corrected chi connectivity index (χ4v) is 1.49. The number of carbonyl (C=O) groups excluding carboxylic acids is 1. The molecule has 0 amide bonds. The average Bonchev–Trinajstić information content (AvgIpc) is 2.07. The average molecular weight is 184 g/mol. The van der Waals surface area contributed by atoms with Gasteiger partial charge in [0.25, 0.3) is 0 Å². The predicted molar refractivity (Wildman–Crippen MR) is 52.2 cm³/mol. The number of thiol groups is 1. The van der Waals surface area contributed by atoms with E-state index in [1.165, 1.54) is 11.8 Å². The van der Waals surface area contributed by atoms with E-state index >= 15 is 0 Å². The molecule has 1 aromatic carbocycles. The number of hydrogen-bond donors (Lipinski definition) is 1. The first-order valence-corrected chi connectivity index (χ1v) is 4.79. The predicted octanol–water partition coefficient (Wildman–Crippen LogP) is 2.45. The van der Waals surface area contributed by atoms with Gasteiger partial charge in [-0.3, -0.25) is 4.79 Å². The van der Waals surface area contributed by atoms with E-state index in [2.05, 4.69) is 12.6 Å². The van der Waals surface area contributed by atoms with Crippen LogP contribution in [0.1, 0.15) is 10.4 Å². The lowest BCUT2D eigenvalue weighted by molar-refractivity contribution is 0.108. The first-order chi connectivity index (χ1) is 5.34. The summed E-state index contributed by atoms with van der Waals surface area (Å²) in [5.74, 6) is 0. The maximum Gasteiger partial charge on any atom is 0.220 e. The second kappa shape index (κ2) is 4.46. The molecule has 0 bridgehead atoms. The van der Waals surface area contributed by atoms with E-state index in [1.54, 1.807) is 12.1 Å². The van der Waals surface area contributed by atoms with Gasteiger partial charge in [-0.05, 0) is 0 Å². The minimum atomic E-state index is 0.0839. The summed E-state index contributed by atoms with van der Waals surface area (Å²) in [4.78, 5) is 11.2. The van der Waals surface area contributed by atoms with Gasteiger partial charge in [0.05, 0.1) is 0 Å². The topological polar surface area (TPSA) is 17.1 Å². The highest BCUT2D eigenvalue weighted by atomic mass is 32.2. The smallest absolute Gasteiger partial charge is 0.220 e. The van der Waals surface area contributed by atoms with E-state index in [9.17, 15) is 4.79 Å². The molecule has 0 radical (unpaired) electrons. The Labute approximate surface area is 75.6 Å². The Bertz CT molecular complexity index is 233. The molecular formula is C8H8OS2. The van der Waals surface area contributed by atoms with Gasteiger partial charge in [-0.2, -0.15) is 12.6 Å². The summed E-state index contributed by atoms with van der Waals surface area (Å²) in [6, 6.07) is 9.21. The molecule has 1 nitrogen and oxygen atoms in total. The van der Waals surface area contributed by atoms with Crippen LogP contribution >= 0.6 is 24.4 Å². The summed E-state index contributed by atoms with van der Waals surface area (Å²) in [5, 5.41) is 0.619. The largest absolute Gasteiger partial charge is 0.282 e. The lowest BCUT2D eigenvalue weighted by Gasteiger charge is -1.95. The summed E-state index contributed by atoms with van der Waals surface area (Å²) in [6.45, 7) is 0. The first kappa shape index (κ1) is 8.68. The van der Waals surface area contributed by atoms with Crippen molar-refractivity contribution < 1.29 is 4.79 Å². The fraction of sp³-hybridized carbons (Fsp3) is 0.125. The molecule has 0 aliphatic heterocycles. The van der Waals surface area contributed by atoms with Crippen LogP contribution in [0.3, 0.4) is 0 Å². The monoisotopic (exact) mass is 184 g/mol. The van der Waals surface area contributed by atoms with Crippen molar-refractivity contribution >= 4 is 29.5 Å². The number of rotatable bonds is 2. The summed E-state index contributed by atoms with van der Waals surface area (Å²) in [7, 11) is 0. The van der Waals surface area contributed by atoms with Gasteiger partial charge < -0.3 is 0 Å². The van der Waals surface area contributed by atoms with Crippen LogP contribution in [0.2, 0.25) is 0 Å². The summed E-state index contributed by atoms with van der Waals surface area (Å²) in [6.07, 6.45) is 0. The second-order valence-electron chi connectivity index (χ2n) is 1.93. The standard InChI is InChI=1S/C8H8OS2/c9-8(11-6-10)7-4-2-1-3-5-7/h1-5,10H,6H2. The number of benzene rings is 1. The van der Waals surface area contributed by atoms with Crippen LogP contribution < -0.4 is 0 Å². The molecule has 0 saturated heterocycles.